The fourth-order valence-electron chi connectivity index (χ4n) is 7.98. The first-order chi connectivity index (χ1) is 17.6. The minimum atomic E-state index is -2.02. The summed E-state index contributed by atoms with van der Waals surface area (Å²) in [5.74, 6) is -0.546. The van der Waals surface area contributed by atoms with Crippen LogP contribution in [0, 0.1) is 28.6 Å². The summed E-state index contributed by atoms with van der Waals surface area (Å²) in [4.78, 5) is 27.0. The monoisotopic (exact) mass is 516 g/mol. The molecule has 2 saturated carbocycles. The lowest BCUT2D eigenvalue weighted by Gasteiger charge is -2.46. The van der Waals surface area contributed by atoms with Crippen LogP contribution in [-0.2, 0) is 14.3 Å². The third-order valence-electron chi connectivity index (χ3n) is 10.2. The quantitative estimate of drug-likeness (QED) is 0.191. The summed E-state index contributed by atoms with van der Waals surface area (Å²) in [5.41, 5.74) is -2.50. The number of carbonyl (C=O) groups excluding carboxylic acids is 2. The van der Waals surface area contributed by atoms with Crippen molar-refractivity contribution < 1.29 is 29.6 Å². The first kappa shape index (κ1) is 28.5. The zero-order valence-corrected chi connectivity index (χ0v) is 23.3. The largest absolute Gasteiger partial charge is 0.455 e. The molecule has 0 heterocycles. The second-order valence-electron chi connectivity index (χ2n) is 12.8. The zero-order valence-electron chi connectivity index (χ0n) is 23.3. The molecule has 1 spiro atoms. The molecule has 2 fully saturated rings. The third kappa shape index (κ3) is 4.76. The normalized spacial score (nSPS) is 37.6. The van der Waals surface area contributed by atoms with Gasteiger partial charge in [-0.3, -0.25) is 9.59 Å². The number of esters is 1. The van der Waals surface area contributed by atoms with E-state index in [4.69, 9.17) is 4.74 Å². The number of fused-ring (bicyclic) bond motifs is 3. The lowest BCUT2D eigenvalue weighted by Crippen LogP contribution is -2.63. The number of hydrogen-bond acceptors (Lipinski definition) is 6. The van der Waals surface area contributed by atoms with Crippen LogP contribution in [0.1, 0.15) is 105 Å². The Balaban J connectivity index is 1.44. The van der Waals surface area contributed by atoms with Gasteiger partial charge in [0.2, 0.25) is 0 Å². The van der Waals surface area contributed by atoms with Gasteiger partial charge in [-0.25, -0.2) is 0 Å². The predicted octanol–water partition coefficient (Wildman–Crippen LogP) is 5.04. The molecule has 0 amide bonds. The van der Waals surface area contributed by atoms with Gasteiger partial charge in [-0.2, -0.15) is 0 Å². The maximum absolute atomic E-state index is 14.1. The first-order valence-electron chi connectivity index (χ1n) is 14.7. The first-order valence-corrected chi connectivity index (χ1v) is 14.7. The van der Waals surface area contributed by atoms with E-state index in [0.29, 0.717) is 17.9 Å². The van der Waals surface area contributed by atoms with Crippen molar-refractivity contribution in [3.05, 3.63) is 23.3 Å². The summed E-state index contributed by atoms with van der Waals surface area (Å²) < 4.78 is 5.86. The van der Waals surface area contributed by atoms with E-state index in [1.165, 1.54) is 38.5 Å². The van der Waals surface area contributed by atoms with E-state index in [9.17, 15) is 24.9 Å². The van der Waals surface area contributed by atoms with Crippen LogP contribution in [0.25, 0.3) is 0 Å². The zero-order chi connectivity index (χ0) is 27.0. The van der Waals surface area contributed by atoms with Crippen molar-refractivity contribution in [2.24, 2.45) is 28.6 Å². The van der Waals surface area contributed by atoms with E-state index in [2.05, 4.69) is 20.8 Å². The summed E-state index contributed by atoms with van der Waals surface area (Å²) in [6.45, 7) is 7.86. The maximum atomic E-state index is 14.1. The second-order valence-corrected chi connectivity index (χ2v) is 12.8. The standard InChI is InChI=1S/C31H48O6/c1-5-6-7-8-9-10-11-12-13-14-24(33)37-28-20(2)18-30-16-15-23-25(29(23,3)4)22(27(30)35)17-21(19-32)26(34)31(28,30)36/h17-18,22-23,25-26,28,32,34,36H,5-16,19H2,1-4H3/t22-,23?,25?,26+,28-,30+,31-/m0/s1. The molecule has 0 aromatic heterocycles. The lowest BCUT2D eigenvalue weighted by atomic mass is 9.63. The van der Waals surface area contributed by atoms with E-state index in [0.717, 1.165) is 25.7 Å². The van der Waals surface area contributed by atoms with Crippen molar-refractivity contribution in [3.63, 3.8) is 0 Å². The molecule has 0 radical (unpaired) electrons. The van der Waals surface area contributed by atoms with Crippen LogP contribution in [0.3, 0.4) is 0 Å². The Morgan fingerprint density at radius 2 is 1.70 bits per heavy atom. The molecule has 2 bridgehead atoms. The molecule has 6 nitrogen and oxygen atoms in total. The van der Waals surface area contributed by atoms with Gasteiger partial charge in [0.05, 0.1) is 12.0 Å². The molecule has 4 aliphatic rings. The van der Waals surface area contributed by atoms with Gasteiger partial charge in [0.25, 0.3) is 0 Å². The van der Waals surface area contributed by atoms with Gasteiger partial charge in [0, 0.05) is 12.3 Å². The van der Waals surface area contributed by atoms with Crippen LogP contribution in [0.2, 0.25) is 0 Å². The number of rotatable bonds is 12. The highest BCUT2D eigenvalue weighted by molar-refractivity contribution is 5.95. The van der Waals surface area contributed by atoms with Gasteiger partial charge in [-0.1, -0.05) is 84.3 Å². The highest BCUT2D eigenvalue weighted by Gasteiger charge is 2.74. The Kier molecular flexibility index (Phi) is 8.43. The van der Waals surface area contributed by atoms with E-state index >= 15 is 0 Å². The molecule has 208 valence electrons. The fraction of sp³-hybridized carbons (Fsp3) is 0.806. The predicted molar refractivity (Wildman–Crippen MR) is 143 cm³/mol. The average Bonchev–Trinajstić information content (AvgIpc) is 3.39. The number of Topliss-reactive ketones (excluding diaryl/α,β-unsaturated/α-hetero) is 1. The van der Waals surface area contributed by atoms with Gasteiger partial charge in [0.1, 0.15) is 6.10 Å². The Labute approximate surface area is 222 Å². The summed E-state index contributed by atoms with van der Waals surface area (Å²) in [6.07, 6.45) is 12.6. The van der Waals surface area contributed by atoms with Gasteiger partial charge in [0.15, 0.2) is 17.5 Å². The van der Waals surface area contributed by atoms with Crippen LogP contribution in [0.5, 0.6) is 0 Å². The highest BCUT2D eigenvalue weighted by atomic mass is 16.6. The summed E-state index contributed by atoms with van der Waals surface area (Å²) in [6, 6.07) is 0. The minimum absolute atomic E-state index is 0.00511. The van der Waals surface area contributed by atoms with E-state index in [1.807, 2.05) is 0 Å². The molecule has 4 aliphatic carbocycles. The second kappa shape index (κ2) is 10.9. The van der Waals surface area contributed by atoms with Crippen LogP contribution < -0.4 is 0 Å². The molecule has 0 aliphatic heterocycles. The lowest BCUT2D eigenvalue weighted by molar-refractivity contribution is -0.197. The van der Waals surface area contributed by atoms with Crippen LogP contribution in [0.4, 0.5) is 0 Å². The molecule has 0 aromatic carbocycles. The number of unbranched alkanes of at least 4 members (excludes halogenated alkanes) is 8. The number of hydrogen-bond donors (Lipinski definition) is 3. The number of aliphatic hydroxyl groups is 3. The van der Waals surface area contributed by atoms with Gasteiger partial charge in [-0.15, -0.1) is 0 Å². The molecule has 6 heteroatoms. The summed E-state index contributed by atoms with van der Waals surface area (Å²) in [7, 11) is 0. The SMILES string of the molecule is CCCCCCCCCCCC(=O)O[C@H]1C(C)=C[C@@]23CCC4C([C@H](C=C(CO)[C@@H](O)[C@]12O)C3=O)C4(C)C. The van der Waals surface area contributed by atoms with Crippen molar-refractivity contribution in [1.82, 2.24) is 0 Å². The number of aliphatic hydroxyl groups excluding tert-OH is 2. The van der Waals surface area contributed by atoms with Crippen molar-refractivity contribution in [3.8, 4) is 0 Å². The highest BCUT2D eigenvalue weighted by Crippen LogP contribution is 2.70. The smallest absolute Gasteiger partial charge is 0.306 e. The topological polar surface area (TPSA) is 104 Å². The van der Waals surface area contributed by atoms with Crippen molar-refractivity contribution in [2.45, 2.75) is 123 Å². The Hall–Kier alpha value is -1.50. The number of ketones is 1. The Morgan fingerprint density at radius 3 is 2.32 bits per heavy atom. The van der Waals surface area contributed by atoms with E-state index in [-0.39, 0.29) is 29.1 Å². The van der Waals surface area contributed by atoms with Crippen LogP contribution in [0.15, 0.2) is 23.3 Å². The van der Waals surface area contributed by atoms with Crippen molar-refractivity contribution in [2.75, 3.05) is 6.61 Å². The number of ether oxygens (including phenoxy) is 1. The number of allylic oxidation sites excluding steroid dienone is 1. The average molecular weight is 517 g/mol. The fourth-order valence-corrected chi connectivity index (χ4v) is 7.98. The van der Waals surface area contributed by atoms with Crippen LogP contribution >= 0.6 is 0 Å². The molecule has 37 heavy (non-hydrogen) atoms. The molecule has 2 unspecified atom stereocenters. The third-order valence-corrected chi connectivity index (χ3v) is 10.2. The van der Waals surface area contributed by atoms with E-state index in [1.54, 1.807) is 19.1 Å². The van der Waals surface area contributed by atoms with Crippen LogP contribution in [-0.4, -0.2) is 51.5 Å². The summed E-state index contributed by atoms with van der Waals surface area (Å²) in [5, 5.41) is 33.8. The van der Waals surface area contributed by atoms with Crippen molar-refractivity contribution in [1.29, 1.82) is 0 Å². The van der Waals surface area contributed by atoms with E-state index < -0.39 is 41.7 Å². The molecule has 4 rings (SSSR count). The molecular formula is C31H48O6. The molecule has 0 aromatic rings. The molecule has 3 N–H and O–H groups in total. The number of carbonyl (C=O) groups is 2. The molecule has 0 saturated heterocycles. The van der Waals surface area contributed by atoms with Crippen molar-refractivity contribution >= 4 is 11.8 Å². The van der Waals surface area contributed by atoms with Gasteiger partial charge >= 0.3 is 5.97 Å². The Bertz CT molecular complexity index is 934. The van der Waals surface area contributed by atoms with Gasteiger partial charge in [-0.05, 0) is 54.6 Å². The Morgan fingerprint density at radius 1 is 1.08 bits per heavy atom. The maximum Gasteiger partial charge on any atom is 0.306 e. The molecule has 7 atom stereocenters. The minimum Gasteiger partial charge on any atom is -0.455 e. The summed E-state index contributed by atoms with van der Waals surface area (Å²) >= 11 is 0. The molecular weight excluding hydrogens is 468 g/mol. The van der Waals surface area contributed by atoms with Gasteiger partial charge < -0.3 is 20.1 Å².